The van der Waals surface area contributed by atoms with Crippen LogP contribution in [0.4, 0.5) is 0 Å². The summed E-state index contributed by atoms with van der Waals surface area (Å²) >= 11 is 3.08. The lowest BCUT2D eigenvalue weighted by molar-refractivity contribution is -0.120. The molecule has 0 bridgehead atoms. The number of rotatable bonds is 7. The van der Waals surface area contributed by atoms with E-state index in [0.717, 1.165) is 28.0 Å². The number of carbonyl (C=O) groups excluding carboxylic acids is 1. The number of nitrogens with one attached hydrogen (secondary N) is 1. The van der Waals surface area contributed by atoms with Crippen molar-refractivity contribution in [3.63, 3.8) is 0 Å². The zero-order chi connectivity index (χ0) is 17.6. The standard InChI is InChI=1S/C18H20N4OS2/c1-3-22-16(14-8-5-4-6-9-14)20-21-18(22)25-13(2)17(23)19-12-15-10-7-11-24-15/h4-11,13H,3,12H2,1-2H3,(H,19,23)/t13-/m0/s1. The minimum absolute atomic E-state index is 0.00492. The molecule has 1 aromatic carbocycles. The van der Waals surface area contributed by atoms with Gasteiger partial charge in [-0.05, 0) is 25.3 Å². The molecular weight excluding hydrogens is 352 g/mol. The van der Waals surface area contributed by atoms with Crippen LogP contribution < -0.4 is 5.32 Å². The van der Waals surface area contributed by atoms with Gasteiger partial charge in [0, 0.05) is 17.0 Å². The van der Waals surface area contributed by atoms with Crippen molar-refractivity contribution in [1.82, 2.24) is 20.1 Å². The molecule has 1 N–H and O–H groups in total. The van der Waals surface area contributed by atoms with E-state index in [0.29, 0.717) is 6.54 Å². The maximum Gasteiger partial charge on any atom is 0.233 e. The maximum absolute atomic E-state index is 12.3. The van der Waals surface area contributed by atoms with E-state index in [4.69, 9.17) is 0 Å². The van der Waals surface area contributed by atoms with E-state index in [1.165, 1.54) is 11.8 Å². The Balaban J connectivity index is 1.67. The van der Waals surface area contributed by atoms with Crippen molar-refractivity contribution in [3.05, 3.63) is 52.7 Å². The third-order valence-corrected chi connectivity index (χ3v) is 5.69. The Labute approximate surface area is 155 Å². The van der Waals surface area contributed by atoms with Crippen molar-refractivity contribution in [2.75, 3.05) is 0 Å². The van der Waals surface area contributed by atoms with Crippen LogP contribution in [0, 0.1) is 0 Å². The van der Waals surface area contributed by atoms with Gasteiger partial charge in [0.2, 0.25) is 5.91 Å². The predicted molar refractivity (Wildman–Crippen MR) is 103 cm³/mol. The third kappa shape index (κ3) is 4.29. The number of amides is 1. The normalized spacial score (nSPS) is 12.1. The van der Waals surface area contributed by atoms with Crippen LogP contribution in [0.5, 0.6) is 0 Å². The molecule has 5 nitrogen and oxygen atoms in total. The van der Waals surface area contributed by atoms with Gasteiger partial charge in [0.15, 0.2) is 11.0 Å². The molecule has 0 aliphatic rings. The van der Waals surface area contributed by atoms with Gasteiger partial charge < -0.3 is 9.88 Å². The summed E-state index contributed by atoms with van der Waals surface area (Å²) in [5, 5.41) is 14.1. The van der Waals surface area contributed by atoms with Crippen molar-refractivity contribution >= 4 is 29.0 Å². The molecule has 3 rings (SSSR count). The lowest BCUT2D eigenvalue weighted by Crippen LogP contribution is -2.30. The van der Waals surface area contributed by atoms with Crippen LogP contribution in [0.15, 0.2) is 53.0 Å². The smallest absolute Gasteiger partial charge is 0.233 e. The molecule has 0 aliphatic heterocycles. The first-order valence-electron chi connectivity index (χ1n) is 8.14. The molecule has 1 amide bonds. The maximum atomic E-state index is 12.3. The summed E-state index contributed by atoms with van der Waals surface area (Å²) < 4.78 is 2.04. The monoisotopic (exact) mass is 372 g/mol. The van der Waals surface area contributed by atoms with E-state index < -0.39 is 0 Å². The van der Waals surface area contributed by atoms with Crippen LogP contribution in [-0.4, -0.2) is 25.9 Å². The van der Waals surface area contributed by atoms with Crippen molar-refractivity contribution in [2.45, 2.75) is 37.3 Å². The minimum atomic E-state index is -0.238. The quantitative estimate of drug-likeness (QED) is 0.641. The molecule has 2 heterocycles. The SMILES string of the molecule is CCn1c(S[C@@H](C)C(=O)NCc2cccs2)nnc1-c1ccccc1. The van der Waals surface area contributed by atoms with Gasteiger partial charge in [-0.1, -0.05) is 48.2 Å². The van der Waals surface area contributed by atoms with Gasteiger partial charge in [-0.2, -0.15) is 0 Å². The van der Waals surface area contributed by atoms with E-state index in [1.807, 2.05) is 59.3 Å². The van der Waals surface area contributed by atoms with Gasteiger partial charge in [-0.15, -0.1) is 21.5 Å². The number of aromatic nitrogens is 3. The average molecular weight is 373 g/mol. The topological polar surface area (TPSA) is 59.8 Å². The Morgan fingerprint density at radius 2 is 2.04 bits per heavy atom. The molecule has 3 aromatic rings. The summed E-state index contributed by atoms with van der Waals surface area (Å²) in [6, 6.07) is 14.0. The zero-order valence-electron chi connectivity index (χ0n) is 14.2. The molecular formula is C18H20N4OS2. The lowest BCUT2D eigenvalue weighted by Gasteiger charge is -2.12. The van der Waals surface area contributed by atoms with Crippen LogP contribution >= 0.6 is 23.1 Å². The minimum Gasteiger partial charge on any atom is -0.350 e. The van der Waals surface area contributed by atoms with Crippen molar-refractivity contribution in [3.8, 4) is 11.4 Å². The summed E-state index contributed by atoms with van der Waals surface area (Å²) in [5.41, 5.74) is 1.03. The number of thioether (sulfide) groups is 1. The first-order valence-corrected chi connectivity index (χ1v) is 9.90. The fourth-order valence-electron chi connectivity index (χ4n) is 2.40. The molecule has 7 heteroatoms. The van der Waals surface area contributed by atoms with Gasteiger partial charge in [0.05, 0.1) is 11.8 Å². The Morgan fingerprint density at radius 3 is 2.72 bits per heavy atom. The second kappa shape index (κ2) is 8.31. The highest BCUT2D eigenvalue weighted by Gasteiger charge is 2.20. The molecule has 0 fully saturated rings. The Kier molecular flexibility index (Phi) is 5.88. The Morgan fingerprint density at radius 1 is 1.24 bits per heavy atom. The van der Waals surface area contributed by atoms with Crippen LogP contribution in [0.2, 0.25) is 0 Å². The molecule has 25 heavy (non-hydrogen) atoms. The highest BCUT2D eigenvalue weighted by Crippen LogP contribution is 2.26. The van der Waals surface area contributed by atoms with Crippen molar-refractivity contribution in [2.24, 2.45) is 0 Å². The van der Waals surface area contributed by atoms with Crippen LogP contribution in [0.3, 0.4) is 0 Å². The molecule has 0 saturated carbocycles. The second-order valence-corrected chi connectivity index (χ2v) is 7.81. The molecule has 0 spiro atoms. The molecule has 130 valence electrons. The van der Waals surface area contributed by atoms with E-state index in [-0.39, 0.29) is 11.2 Å². The van der Waals surface area contributed by atoms with Gasteiger partial charge in [0.1, 0.15) is 0 Å². The fourth-order valence-corrected chi connectivity index (χ4v) is 3.99. The number of nitrogens with zero attached hydrogens (tertiary/aromatic N) is 3. The molecule has 0 aliphatic carbocycles. The number of carbonyl (C=O) groups is 1. The van der Waals surface area contributed by atoms with Crippen LogP contribution in [0.1, 0.15) is 18.7 Å². The van der Waals surface area contributed by atoms with Gasteiger partial charge >= 0.3 is 0 Å². The predicted octanol–water partition coefficient (Wildman–Crippen LogP) is 3.82. The largest absolute Gasteiger partial charge is 0.350 e. The molecule has 1 atom stereocenters. The van der Waals surface area contributed by atoms with Crippen LogP contribution in [0.25, 0.3) is 11.4 Å². The van der Waals surface area contributed by atoms with Crippen molar-refractivity contribution in [1.29, 1.82) is 0 Å². The fraction of sp³-hybridized carbons (Fsp3) is 0.278. The third-order valence-electron chi connectivity index (χ3n) is 3.73. The van der Waals surface area contributed by atoms with E-state index in [1.54, 1.807) is 11.3 Å². The number of hydrogen-bond donors (Lipinski definition) is 1. The number of thiophene rings is 1. The zero-order valence-corrected chi connectivity index (χ0v) is 15.8. The van der Waals surface area contributed by atoms with Gasteiger partial charge in [-0.25, -0.2) is 0 Å². The van der Waals surface area contributed by atoms with E-state index in [2.05, 4.69) is 22.4 Å². The summed E-state index contributed by atoms with van der Waals surface area (Å²) in [5.74, 6) is 0.835. The summed E-state index contributed by atoms with van der Waals surface area (Å²) in [4.78, 5) is 13.5. The van der Waals surface area contributed by atoms with E-state index in [9.17, 15) is 4.79 Å². The summed E-state index contributed by atoms with van der Waals surface area (Å²) in [7, 11) is 0. The van der Waals surface area contributed by atoms with Crippen molar-refractivity contribution < 1.29 is 4.79 Å². The molecule has 0 unspecified atom stereocenters. The Hall–Kier alpha value is -2.12. The lowest BCUT2D eigenvalue weighted by atomic mass is 10.2. The van der Waals surface area contributed by atoms with Gasteiger partial charge in [-0.3, -0.25) is 4.79 Å². The molecule has 0 radical (unpaired) electrons. The summed E-state index contributed by atoms with van der Waals surface area (Å²) in [6.45, 7) is 5.27. The average Bonchev–Trinajstić information content (AvgIpc) is 3.29. The van der Waals surface area contributed by atoms with E-state index >= 15 is 0 Å². The molecule has 2 aromatic heterocycles. The number of benzene rings is 1. The first-order chi connectivity index (χ1) is 12.2. The number of hydrogen-bond acceptors (Lipinski definition) is 5. The first kappa shape index (κ1) is 17.7. The second-order valence-electron chi connectivity index (χ2n) is 5.47. The molecule has 0 saturated heterocycles. The van der Waals surface area contributed by atoms with Crippen LogP contribution in [-0.2, 0) is 17.9 Å². The highest BCUT2D eigenvalue weighted by molar-refractivity contribution is 8.00. The summed E-state index contributed by atoms with van der Waals surface area (Å²) in [6.07, 6.45) is 0. The highest BCUT2D eigenvalue weighted by atomic mass is 32.2. The van der Waals surface area contributed by atoms with Gasteiger partial charge in [0.25, 0.3) is 0 Å². The Bertz CT molecular complexity index is 815.